The molecule has 2 heterocycles. The molecule has 1 aromatic carbocycles. The number of nitrogens with zero attached hydrogens (tertiary/aromatic N) is 1. The van der Waals surface area contributed by atoms with Gasteiger partial charge >= 0.3 is 0 Å². The Labute approximate surface area is 125 Å². The van der Waals surface area contributed by atoms with E-state index in [0.717, 1.165) is 19.4 Å². The van der Waals surface area contributed by atoms with E-state index in [1.807, 2.05) is 0 Å². The molecule has 0 aliphatic carbocycles. The van der Waals surface area contributed by atoms with Crippen LogP contribution in [-0.4, -0.2) is 4.98 Å². The minimum Gasteiger partial charge on any atom is -1.00 e. The van der Waals surface area contributed by atoms with E-state index in [-0.39, 0.29) is 12.4 Å². The molecule has 0 fully saturated rings. The highest BCUT2D eigenvalue weighted by molar-refractivity contribution is 5.82. The van der Waals surface area contributed by atoms with Crippen LogP contribution in [0, 0.1) is 0 Å². The number of hydrogen-bond donors (Lipinski definition) is 1. The zero-order valence-corrected chi connectivity index (χ0v) is 12.4. The quantitative estimate of drug-likeness (QED) is 0.664. The first kappa shape index (κ1) is 14.6. The highest BCUT2D eigenvalue weighted by Crippen LogP contribution is 2.17. The fourth-order valence-corrected chi connectivity index (χ4v) is 2.51. The molecule has 0 radical (unpaired) electrons. The predicted octanol–water partition coefficient (Wildman–Crippen LogP) is 0.264. The number of pyridine rings is 1. The van der Waals surface area contributed by atoms with E-state index in [1.54, 1.807) is 0 Å². The standard InChI is InChI=1S/C17H19N2.ClH/c1-2-14-6-5-10-19(13-14)11-9-15-12-18-17-8-4-3-7-16(15)17;/h3-8,10,12-13,18H,2,9,11H2,1H3;1H/q+1;/p-1. The van der Waals surface area contributed by atoms with Crippen molar-refractivity contribution >= 4 is 10.9 Å². The lowest BCUT2D eigenvalue weighted by atomic mass is 10.1. The number of para-hydroxylation sites is 1. The van der Waals surface area contributed by atoms with Crippen molar-refractivity contribution in [2.45, 2.75) is 26.3 Å². The second kappa shape index (κ2) is 6.58. The largest absolute Gasteiger partial charge is 1.00 e. The molecule has 20 heavy (non-hydrogen) atoms. The van der Waals surface area contributed by atoms with Crippen molar-refractivity contribution in [2.75, 3.05) is 0 Å². The van der Waals surface area contributed by atoms with Gasteiger partial charge in [-0.1, -0.05) is 25.1 Å². The van der Waals surface area contributed by atoms with Gasteiger partial charge in [0.05, 0.1) is 0 Å². The lowest BCUT2D eigenvalue weighted by Gasteiger charge is -1.99. The summed E-state index contributed by atoms with van der Waals surface area (Å²) in [5.74, 6) is 0. The lowest BCUT2D eigenvalue weighted by molar-refractivity contribution is -0.696. The Morgan fingerprint density at radius 2 is 1.95 bits per heavy atom. The van der Waals surface area contributed by atoms with Crippen LogP contribution in [0.5, 0.6) is 0 Å². The molecule has 3 heteroatoms. The monoisotopic (exact) mass is 286 g/mol. The number of fused-ring (bicyclic) bond motifs is 1. The van der Waals surface area contributed by atoms with Crippen molar-refractivity contribution in [3.63, 3.8) is 0 Å². The second-order valence-corrected chi connectivity index (χ2v) is 4.91. The van der Waals surface area contributed by atoms with Crippen LogP contribution in [0.1, 0.15) is 18.1 Å². The molecule has 0 saturated heterocycles. The van der Waals surface area contributed by atoms with Gasteiger partial charge < -0.3 is 17.4 Å². The first-order chi connectivity index (χ1) is 9.36. The molecule has 0 bridgehead atoms. The van der Waals surface area contributed by atoms with Crippen molar-refractivity contribution in [2.24, 2.45) is 0 Å². The Balaban J connectivity index is 0.00000147. The molecule has 104 valence electrons. The second-order valence-electron chi connectivity index (χ2n) is 4.91. The zero-order chi connectivity index (χ0) is 13.1. The van der Waals surface area contributed by atoms with Crippen molar-refractivity contribution in [1.29, 1.82) is 0 Å². The molecule has 2 nitrogen and oxygen atoms in total. The third kappa shape index (κ3) is 3.02. The van der Waals surface area contributed by atoms with Crippen LogP contribution in [0.25, 0.3) is 10.9 Å². The van der Waals surface area contributed by atoms with Crippen LogP contribution < -0.4 is 17.0 Å². The van der Waals surface area contributed by atoms with Gasteiger partial charge in [0, 0.05) is 35.2 Å². The number of halogens is 1. The summed E-state index contributed by atoms with van der Waals surface area (Å²) >= 11 is 0. The minimum atomic E-state index is 0. The summed E-state index contributed by atoms with van der Waals surface area (Å²) in [5.41, 5.74) is 4.01. The Bertz CT molecular complexity index is 688. The Hall–Kier alpha value is -1.80. The number of aromatic nitrogens is 2. The van der Waals surface area contributed by atoms with Crippen molar-refractivity contribution in [3.05, 3.63) is 66.1 Å². The summed E-state index contributed by atoms with van der Waals surface area (Å²) < 4.78 is 2.28. The number of benzene rings is 1. The average molecular weight is 287 g/mol. The minimum absolute atomic E-state index is 0. The number of aryl methyl sites for hydroxylation is 3. The van der Waals surface area contributed by atoms with Gasteiger partial charge in [-0.15, -0.1) is 0 Å². The van der Waals surface area contributed by atoms with E-state index in [0.29, 0.717) is 0 Å². The van der Waals surface area contributed by atoms with E-state index in [1.165, 1.54) is 22.0 Å². The molecular formula is C17H19ClN2. The van der Waals surface area contributed by atoms with E-state index in [4.69, 9.17) is 0 Å². The number of nitrogens with one attached hydrogen (secondary N) is 1. The normalized spacial score (nSPS) is 10.4. The van der Waals surface area contributed by atoms with Gasteiger partial charge in [-0.05, 0) is 24.1 Å². The topological polar surface area (TPSA) is 19.7 Å². The molecule has 0 atom stereocenters. The molecule has 0 spiro atoms. The van der Waals surface area contributed by atoms with E-state index in [2.05, 4.69) is 71.5 Å². The number of hydrogen-bond acceptors (Lipinski definition) is 0. The lowest BCUT2D eigenvalue weighted by Crippen LogP contribution is -3.00. The summed E-state index contributed by atoms with van der Waals surface area (Å²) in [4.78, 5) is 3.34. The van der Waals surface area contributed by atoms with Gasteiger partial charge in [0.1, 0.15) is 0 Å². The van der Waals surface area contributed by atoms with Gasteiger partial charge in [-0.3, -0.25) is 0 Å². The van der Waals surface area contributed by atoms with Gasteiger partial charge in [0.15, 0.2) is 18.9 Å². The SMILES string of the molecule is CCc1ccc[n+](CCc2c[nH]c3ccccc23)c1.[Cl-]. The maximum atomic E-state index is 3.34. The number of aromatic amines is 1. The maximum absolute atomic E-state index is 3.34. The fraction of sp³-hybridized carbons (Fsp3) is 0.235. The van der Waals surface area contributed by atoms with Crippen LogP contribution in [-0.2, 0) is 19.4 Å². The first-order valence-electron chi connectivity index (χ1n) is 6.90. The third-order valence-corrected chi connectivity index (χ3v) is 3.64. The highest BCUT2D eigenvalue weighted by Gasteiger charge is 2.06. The summed E-state index contributed by atoms with van der Waals surface area (Å²) in [6.45, 7) is 3.22. The smallest absolute Gasteiger partial charge is 0.171 e. The molecule has 3 rings (SSSR count). The zero-order valence-electron chi connectivity index (χ0n) is 11.6. The predicted molar refractivity (Wildman–Crippen MR) is 78.0 cm³/mol. The van der Waals surface area contributed by atoms with E-state index < -0.39 is 0 Å². The van der Waals surface area contributed by atoms with Gasteiger partial charge in [0.25, 0.3) is 0 Å². The maximum Gasteiger partial charge on any atom is 0.171 e. The molecule has 3 aromatic rings. The average Bonchev–Trinajstić information content (AvgIpc) is 2.89. The van der Waals surface area contributed by atoms with Gasteiger partial charge in [-0.25, -0.2) is 4.57 Å². The molecular weight excluding hydrogens is 268 g/mol. The van der Waals surface area contributed by atoms with Crippen LogP contribution in [0.4, 0.5) is 0 Å². The summed E-state index contributed by atoms with van der Waals surface area (Å²) in [6, 6.07) is 12.8. The van der Waals surface area contributed by atoms with Crippen LogP contribution in [0.3, 0.4) is 0 Å². The highest BCUT2D eigenvalue weighted by atomic mass is 35.5. The van der Waals surface area contributed by atoms with Crippen LogP contribution >= 0.6 is 0 Å². The Morgan fingerprint density at radius 1 is 1.10 bits per heavy atom. The van der Waals surface area contributed by atoms with Crippen LogP contribution in [0.15, 0.2) is 55.0 Å². The van der Waals surface area contributed by atoms with Crippen LogP contribution in [0.2, 0.25) is 0 Å². The number of rotatable bonds is 4. The molecule has 0 aliphatic rings. The van der Waals surface area contributed by atoms with Crippen molar-refractivity contribution < 1.29 is 17.0 Å². The first-order valence-corrected chi connectivity index (χ1v) is 6.90. The molecule has 2 aromatic heterocycles. The molecule has 0 aliphatic heterocycles. The summed E-state index contributed by atoms with van der Waals surface area (Å²) in [6.07, 6.45) is 8.67. The van der Waals surface area contributed by atoms with E-state index >= 15 is 0 Å². The Kier molecular flexibility index (Phi) is 4.80. The molecule has 0 amide bonds. The number of H-pyrrole nitrogens is 1. The summed E-state index contributed by atoms with van der Waals surface area (Å²) in [7, 11) is 0. The van der Waals surface area contributed by atoms with Crippen molar-refractivity contribution in [3.8, 4) is 0 Å². The third-order valence-electron chi connectivity index (χ3n) is 3.64. The Morgan fingerprint density at radius 3 is 2.80 bits per heavy atom. The van der Waals surface area contributed by atoms with Crippen molar-refractivity contribution in [1.82, 2.24) is 4.98 Å². The fourth-order valence-electron chi connectivity index (χ4n) is 2.51. The van der Waals surface area contributed by atoms with Gasteiger partial charge in [-0.2, -0.15) is 0 Å². The van der Waals surface area contributed by atoms with E-state index in [9.17, 15) is 0 Å². The summed E-state index contributed by atoms with van der Waals surface area (Å²) in [5, 5.41) is 1.34. The molecule has 0 saturated carbocycles. The molecule has 1 N–H and O–H groups in total. The molecule has 0 unspecified atom stereocenters. The van der Waals surface area contributed by atoms with Gasteiger partial charge in [0.2, 0.25) is 0 Å².